The zero-order chi connectivity index (χ0) is 29.9. The number of imidazole rings is 1. The summed E-state index contributed by atoms with van der Waals surface area (Å²) in [6, 6.07) is 27.0. The van der Waals surface area contributed by atoms with E-state index in [9.17, 15) is 14.4 Å². The number of amides is 3. The normalized spacial score (nSPS) is 14.5. The lowest BCUT2D eigenvalue weighted by molar-refractivity contribution is -0.118. The number of ether oxygens (including phenoxy) is 2. The minimum Gasteiger partial charge on any atom is -0.486 e. The Morgan fingerprint density at radius 1 is 0.977 bits per heavy atom. The first kappa shape index (κ1) is 28.3. The lowest BCUT2D eigenvalue weighted by Crippen LogP contribution is -2.25. The highest BCUT2D eigenvalue weighted by atomic mass is 35.5. The molecule has 216 valence electrons. The number of hydrogen-bond donors (Lipinski definition) is 2. The smallest absolute Gasteiger partial charge is 0.286 e. The predicted molar refractivity (Wildman–Crippen MR) is 166 cm³/mol. The molecule has 0 radical (unpaired) electrons. The Morgan fingerprint density at radius 2 is 1.72 bits per heavy atom. The van der Waals surface area contributed by atoms with Crippen molar-refractivity contribution in [3.8, 4) is 17.2 Å². The van der Waals surface area contributed by atoms with Crippen LogP contribution in [0.4, 0.5) is 10.5 Å². The maximum atomic E-state index is 12.5. The number of imide groups is 1. The summed E-state index contributed by atoms with van der Waals surface area (Å²) in [6.45, 7) is 0.262. The summed E-state index contributed by atoms with van der Waals surface area (Å²) in [6.07, 6.45) is 0.475. The summed E-state index contributed by atoms with van der Waals surface area (Å²) < 4.78 is 14.0. The second-order valence-electron chi connectivity index (χ2n) is 9.85. The quantitative estimate of drug-likeness (QED) is 0.189. The molecule has 9 nitrogen and oxygen atoms in total. The molecule has 1 fully saturated rings. The van der Waals surface area contributed by atoms with Gasteiger partial charge in [-0.15, -0.1) is 0 Å². The third kappa shape index (κ3) is 6.66. The second-order valence-corrected chi connectivity index (χ2v) is 11.5. The Hall–Kier alpha value is -4.80. The molecule has 6 rings (SSSR count). The molecule has 5 aromatic rings. The van der Waals surface area contributed by atoms with Crippen molar-refractivity contribution in [2.45, 2.75) is 18.3 Å². The first-order chi connectivity index (χ1) is 20.8. The van der Waals surface area contributed by atoms with Gasteiger partial charge in [0.05, 0.1) is 16.3 Å². The predicted octanol–water partition coefficient (Wildman–Crippen LogP) is 6.74. The summed E-state index contributed by atoms with van der Waals surface area (Å²) in [5.41, 5.74) is 3.76. The first-order valence-corrected chi connectivity index (χ1v) is 14.6. The van der Waals surface area contributed by atoms with Gasteiger partial charge < -0.3 is 19.4 Å². The van der Waals surface area contributed by atoms with Crippen molar-refractivity contribution in [2.75, 3.05) is 5.32 Å². The average molecular weight is 613 g/mol. The fourth-order valence-electron chi connectivity index (χ4n) is 4.60. The zero-order valence-corrected chi connectivity index (χ0v) is 24.4. The minimum atomic E-state index is -0.402. The van der Waals surface area contributed by atoms with Crippen LogP contribution in [0.3, 0.4) is 0 Å². The number of halogens is 1. The molecular weight excluding hydrogens is 588 g/mol. The number of anilines is 1. The number of rotatable bonds is 9. The van der Waals surface area contributed by atoms with E-state index in [0.717, 1.165) is 34.2 Å². The third-order valence-electron chi connectivity index (χ3n) is 6.86. The van der Waals surface area contributed by atoms with Crippen molar-refractivity contribution >= 4 is 57.1 Å². The van der Waals surface area contributed by atoms with Crippen LogP contribution in [0, 0.1) is 0 Å². The molecule has 1 saturated heterocycles. The molecule has 1 aromatic heterocycles. The lowest BCUT2D eigenvalue weighted by Gasteiger charge is -2.09. The van der Waals surface area contributed by atoms with Crippen LogP contribution in [0.5, 0.6) is 17.2 Å². The first-order valence-electron chi connectivity index (χ1n) is 13.3. The van der Waals surface area contributed by atoms with E-state index in [0.29, 0.717) is 39.9 Å². The van der Waals surface area contributed by atoms with Crippen LogP contribution in [0.25, 0.3) is 11.0 Å². The molecule has 1 aliphatic heterocycles. The van der Waals surface area contributed by atoms with E-state index in [2.05, 4.69) is 10.6 Å². The highest BCUT2D eigenvalue weighted by Crippen LogP contribution is 2.28. The highest BCUT2D eigenvalue weighted by Gasteiger charge is 2.31. The van der Waals surface area contributed by atoms with Crippen LogP contribution in [0.15, 0.2) is 91.0 Å². The number of nitrogens with one attached hydrogen (secondary N) is 2. The summed E-state index contributed by atoms with van der Waals surface area (Å²) in [5, 5.41) is 4.96. The van der Waals surface area contributed by atoms with Gasteiger partial charge in [-0.25, -0.2) is 4.98 Å². The van der Waals surface area contributed by atoms with Crippen molar-refractivity contribution < 1.29 is 23.9 Å². The molecular formula is C32H25ClN4O5S. The van der Waals surface area contributed by atoms with Gasteiger partial charge in [0, 0.05) is 29.4 Å². The SMILES string of the molecule is Cn1c(COc2ccc(CC3SC(=O)NC3=O)cc2)nc2ccc(Oc3ccc(NC(=O)c4cccc(Cl)c4)cc3)cc21. The van der Waals surface area contributed by atoms with Gasteiger partial charge in [0.25, 0.3) is 11.1 Å². The molecule has 2 N–H and O–H groups in total. The van der Waals surface area contributed by atoms with Gasteiger partial charge in [-0.3, -0.25) is 19.7 Å². The van der Waals surface area contributed by atoms with E-state index in [4.69, 9.17) is 26.1 Å². The maximum Gasteiger partial charge on any atom is 0.286 e. The van der Waals surface area contributed by atoms with Crippen LogP contribution in [-0.4, -0.2) is 31.9 Å². The summed E-state index contributed by atoms with van der Waals surface area (Å²) >= 11 is 7.00. The van der Waals surface area contributed by atoms with Crippen molar-refractivity contribution in [3.63, 3.8) is 0 Å². The number of fused-ring (bicyclic) bond motifs is 1. The number of carbonyl (C=O) groups is 3. The van der Waals surface area contributed by atoms with Gasteiger partial charge in [0.2, 0.25) is 5.91 Å². The molecule has 0 saturated carbocycles. The zero-order valence-electron chi connectivity index (χ0n) is 22.9. The van der Waals surface area contributed by atoms with Crippen LogP contribution >= 0.6 is 23.4 Å². The van der Waals surface area contributed by atoms with E-state index in [1.54, 1.807) is 48.5 Å². The maximum absolute atomic E-state index is 12.5. The lowest BCUT2D eigenvalue weighted by atomic mass is 10.1. The molecule has 0 aliphatic carbocycles. The molecule has 4 aromatic carbocycles. The van der Waals surface area contributed by atoms with Crippen molar-refractivity contribution in [3.05, 3.63) is 113 Å². The Morgan fingerprint density at radius 3 is 2.44 bits per heavy atom. The van der Waals surface area contributed by atoms with E-state index < -0.39 is 5.25 Å². The Bertz CT molecular complexity index is 1840. The molecule has 1 atom stereocenters. The molecule has 0 bridgehead atoms. The molecule has 1 unspecified atom stereocenters. The van der Waals surface area contributed by atoms with Crippen molar-refractivity contribution in [2.24, 2.45) is 7.05 Å². The summed E-state index contributed by atoms with van der Waals surface area (Å²) in [4.78, 5) is 40.4. The number of aryl methyl sites for hydroxylation is 1. The summed E-state index contributed by atoms with van der Waals surface area (Å²) in [7, 11) is 1.92. The van der Waals surface area contributed by atoms with E-state index >= 15 is 0 Å². The topological polar surface area (TPSA) is 112 Å². The fourth-order valence-corrected chi connectivity index (χ4v) is 5.65. The van der Waals surface area contributed by atoms with E-state index in [1.165, 1.54) is 0 Å². The van der Waals surface area contributed by atoms with E-state index in [1.807, 2.05) is 54.1 Å². The van der Waals surface area contributed by atoms with Crippen LogP contribution in [-0.2, 0) is 24.9 Å². The van der Waals surface area contributed by atoms with Crippen LogP contribution < -0.4 is 20.1 Å². The number of carbonyl (C=O) groups excluding carboxylic acids is 3. The molecule has 43 heavy (non-hydrogen) atoms. The number of aromatic nitrogens is 2. The van der Waals surface area contributed by atoms with Gasteiger partial charge in [-0.1, -0.05) is 41.6 Å². The largest absolute Gasteiger partial charge is 0.486 e. The molecule has 3 amide bonds. The number of hydrogen-bond acceptors (Lipinski definition) is 7. The minimum absolute atomic E-state index is 0.248. The monoisotopic (exact) mass is 612 g/mol. The molecule has 2 heterocycles. The second kappa shape index (κ2) is 12.2. The van der Waals surface area contributed by atoms with Crippen molar-refractivity contribution in [1.29, 1.82) is 0 Å². The van der Waals surface area contributed by atoms with Gasteiger partial charge >= 0.3 is 0 Å². The number of nitrogens with zero attached hydrogens (tertiary/aromatic N) is 2. The Kier molecular flexibility index (Phi) is 8.04. The Balaban J connectivity index is 1.06. The number of benzene rings is 4. The number of thioether (sulfide) groups is 1. The van der Waals surface area contributed by atoms with Crippen LogP contribution in [0.1, 0.15) is 21.7 Å². The van der Waals surface area contributed by atoms with Gasteiger partial charge in [0.1, 0.15) is 29.7 Å². The Labute approximate surface area is 256 Å². The highest BCUT2D eigenvalue weighted by molar-refractivity contribution is 8.15. The van der Waals surface area contributed by atoms with Gasteiger partial charge in [-0.05, 0) is 78.7 Å². The molecule has 1 aliphatic rings. The molecule has 0 spiro atoms. The van der Waals surface area contributed by atoms with Crippen molar-refractivity contribution in [1.82, 2.24) is 14.9 Å². The fraction of sp³-hybridized carbons (Fsp3) is 0.125. The van der Waals surface area contributed by atoms with E-state index in [-0.39, 0.29) is 23.7 Å². The standard InChI is InChI=1S/C32H25ClN4O5S/c1-37-27-17-25(42-24-11-7-22(8-12-24)34-30(38)20-3-2-4-21(33)16-20)13-14-26(27)35-29(37)18-41-23-9-5-19(6-10-23)15-28-31(39)36-32(40)43-28/h2-14,16-17,28H,15,18H2,1H3,(H,34,38)(H,36,39,40). The average Bonchev–Trinajstić information content (AvgIpc) is 3.49. The summed E-state index contributed by atoms with van der Waals surface area (Å²) in [5.74, 6) is 2.18. The van der Waals surface area contributed by atoms with Gasteiger partial charge in [0.15, 0.2) is 0 Å². The van der Waals surface area contributed by atoms with Gasteiger partial charge in [-0.2, -0.15) is 0 Å². The third-order valence-corrected chi connectivity index (χ3v) is 8.08. The molecule has 11 heteroatoms. The van der Waals surface area contributed by atoms with Crippen LogP contribution in [0.2, 0.25) is 5.02 Å².